The maximum Gasteiger partial charge on any atom is 0.142 e. The van der Waals surface area contributed by atoms with Crippen LogP contribution in [0.4, 0.5) is 0 Å². The Bertz CT molecular complexity index is 282. The van der Waals surface area contributed by atoms with Gasteiger partial charge in [-0.2, -0.15) is 0 Å². The van der Waals surface area contributed by atoms with E-state index in [0.717, 1.165) is 11.1 Å². The number of halogens is 2. The van der Waals surface area contributed by atoms with Crippen LogP contribution in [-0.4, -0.2) is 7.11 Å². The van der Waals surface area contributed by atoms with Crippen molar-refractivity contribution in [2.45, 2.75) is 13.8 Å². The molecule has 0 spiro atoms. The number of ether oxygens (including phenoxy) is 1. The molecule has 0 heterocycles. The van der Waals surface area contributed by atoms with Gasteiger partial charge in [0.25, 0.3) is 0 Å². The van der Waals surface area contributed by atoms with Gasteiger partial charge in [-0.05, 0) is 31.0 Å². The summed E-state index contributed by atoms with van der Waals surface area (Å²) in [5, 5.41) is 1.03. The van der Waals surface area contributed by atoms with Crippen molar-refractivity contribution in [1.82, 2.24) is 0 Å². The Balaban J connectivity index is 3.42. The molecule has 66 valence electrons. The molecule has 1 aromatic carbocycles. The summed E-state index contributed by atoms with van der Waals surface area (Å²) >= 11 is 11.8. The van der Waals surface area contributed by atoms with Crippen molar-refractivity contribution in [3.63, 3.8) is 0 Å². The predicted molar refractivity (Wildman–Crippen MR) is 52.5 cm³/mol. The van der Waals surface area contributed by atoms with Gasteiger partial charge in [0.15, 0.2) is 0 Å². The maximum atomic E-state index is 5.91. The number of aryl methyl sites for hydroxylation is 1. The lowest BCUT2D eigenvalue weighted by atomic mass is 10.1. The lowest BCUT2D eigenvalue weighted by Crippen LogP contribution is -1.91. The van der Waals surface area contributed by atoms with E-state index < -0.39 is 0 Å². The van der Waals surface area contributed by atoms with Crippen molar-refractivity contribution >= 4 is 23.2 Å². The molecule has 0 amide bonds. The van der Waals surface area contributed by atoms with Gasteiger partial charge in [-0.1, -0.05) is 23.2 Å². The minimum Gasteiger partial charge on any atom is -0.495 e. The SMILES string of the molecule is COc1c(C)c(C)cc(Cl)c1Cl. The highest BCUT2D eigenvalue weighted by molar-refractivity contribution is 6.43. The quantitative estimate of drug-likeness (QED) is 0.680. The summed E-state index contributed by atoms with van der Waals surface area (Å²) in [6, 6.07) is 1.84. The number of methoxy groups -OCH3 is 1. The third-order valence-electron chi connectivity index (χ3n) is 1.89. The molecule has 0 fully saturated rings. The van der Waals surface area contributed by atoms with Crippen LogP contribution in [0, 0.1) is 13.8 Å². The Hall–Kier alpha value is -0.400. The summed E-state index contributed by atoms with van der Waals surface area (Å²) in [4.78, 5) is 0. The smallest absolute Gasteiger partial charge is 0.142 e. The molecule has 1 nitrogen and oxygen atoms in total. The summed E-state index contributed by atoms with van der Waals surface area (Å²) in [6.45, 7) is 3.93. The fourth-order valence-electron chi connectivity index (χ4n) is 1.06. The van der Waals surface area contributed by atoms with Crippen LogP contribution in [0.1, 0.15) is 11.1 Å². The minimum atomic E-state index is 0.488. The summed E-state index contributed by atoms with van der Waals surface area (Å²) in [7, 11) is 1.59. The van der Waals surface area contributed by atoms with E-state index >= 15 is 0 Å². The molecule has 0 saturated carbocycles. The second-order valence-electron chi connectivity index (χ2n) is 2.65. The lowest BCUT2D eigenvalue weighted by Gasteiger charge is -2.10. The van der Waals surface area contributed by atoms with Crippen LogP contribution in [0.25, 0.3) is 0 Å². The molecule has 0 bridgehead atoms. The van der Waals surface area contributed by atoms with Gasteiger partial charge >= 0.3 is 0 Å². The van der Waals surface area contributed by atoms with Crippen molar-refractivity contribution < 1.29 is 4.74 Å². The molecule has 0 unspecified atom stereocenters. The Kier molecular flexibility index (Phi) is 2.86. The minimum absolute atomic E-state index is 0.488. The molecule has 12 heavy (non-hydrogen) atoms. The van der Waals surface area contributed by atoms with Crippen LogP contribution in [0.15, 0.2) is 6.07 Å². The third-order valence-corrected chi connectivity index (χ3v) is 2.66. The summed E-state index contributed by atoms with van der Waals surface area (Å²) < 4.78 is 5.12. The Morgan fingerprint density at radius 2 is 1.83 bits per heavy atom. The molecule has 0 radical (unpaired) electrons. The summed E-state index contributed by atoms with van der Waals surface area (Å²) in [5.41, 5.74) is 2.12. The number of benzene rings is 1. The van der Waals surface area contributed by atoms with Gasteiger partial charge in [0.05, 0.1) is 12.1 Å². The zero-order valence-electron chi connectivity index (χ0n) is 7.24. The monoisotopic (exact) mass is 204 g/mol. The van der Waals surface area contributed by atoms with Gasteiger partial charge in [0.1, 0.15) is 10.8 Å². The molecule has 0 aliphatic carbocycles. The first-order chi connectivity index (χ1) is 5.57. The second-order valence-corrected chi connectivity index (χ2v) is 3.43. The Morgan fingerprint density at radius 1 is 1.25 bits per heavy atom. The van der Waals surface area contributed by atoms with E-state index in [0.29, 0.717) is 15.8 Å². The van der Waals surface area contributed by atoms with Gasteiger partial charge in [0.2, 0.25) is 0 Å². The lowest BCUT2D eigenvalue weighted by molar-refractivity contribution is 0.411. The van der Waals surface area contributed by atoms with Crippen LogP contribution in [0.3, 0.4) is 0 Å². The highest BCUT2D eigenvalue weighted by atomic mass is 35.5. The predicted octanol–water partition coefficient (Wildman–Crippen LogP) is 3.62. The van der Waals surface area contributed by atoms with Crippen LogP contribution < -0.4 is 4.74 Å². The van der Waals surface area contributed by atoms with Crippen LogP contribution >= 0.6 is 23.2 Å². The van der Waals surface area contributed by atoms with Gasteiger partial charge in [-0.25, -0.2) is 0 Å². The fraction of sp³-hybridized carbons (Fsp3) is 0.333. The number of rotatable bonds is 1. The molecule has 0 atom stereocenters. The van der Waals surface area contributed by atoms with Gasteiger partial charge in [-0.3, -0.25) is 0 Å². The molecule has 1 aromatic rings. The van der Waals surface area contributed by atoms with E-state index in [1.54, 1.807) is 7.11 Å². The van der Waals surface area contributed by atoms with E-state index in [2.05, 4.69) is 0 Å². The number of hydrogen-bond acceptors (Lipinski definition) is 1. The van der Waals surface area contributed by atoms with E-state index in [1.165, 1.54) is 0 Å². The molecule has 3 heteroatoms. The van der Waals surface area contributed by atoms with E-state index in [9.17, 15) is 0 Å². The number of hydrogen-bond donors (Lipinski definition) is 0. The zero-order valence-corrected chi connectivity index (χ0v) is 8.75. The first-order valence-electron chi connectivity index (χ1n) is 3.57. The first kappa shape index (κ1) is 9.69. The normalized spacial score (nSPS) is 10.1. The average molecular weight is 205 g/mol. The first-order valence-corrected chi connectivity index (χ1v) is 4.32. The van der Waals surface area contributed by atoms with Gasteiger partial charge in [0, 0.05) is 0 Å². The molecule has 0 aromatic heterocycles. The zero-order chi connectivity index (χ0) is 9.30. The molecule has 0 saturated heterocycles. The Labute approximate surface area is 82.2 Å². The molecule has 1 rings (SSSR count). The topological polar surface area (TPSA) is 9.23 Å². The van der Waals surface area contributed by atoms with Crippen molar-refractivity contribution in [3.05, 3.63) is 27.2 Å². The van der Waals surface area contributed by atoms with Gasteiger partial charge in [-0.15, -0.1) is 0 Å². The van der Waals surface area contributed by atoms with Gasteiger partial charge < -0.3 is 4.74 Å². The third kappa shape index (κ3) is 1.52. The fourth-order valence-corrected chi connectivity index (χ4v) is 1.58. The summed E-state index contributed by atoms with van der Waals surface area (Å²) in [5.74, 6) is 0.668. The summed E-state index contributed by atoms with van der Waals surface area (Å²) in [6.07, 6.45) is 0. The molecule has 0 aliphatic heterocycles. The van der Waals surface area contributed by atoms with Crippen molar-refractivity contribution in [1.29, 1.82) is 0 Å². The standard InChI is InChI=1S/C9H10Cl2O/c1-5-4-7(10)8(11)9(12-3)6(5)2/h4H,1-3H3. The maximum absolute atomic E-state index is 5.91. The van der Waals surface area contributed by atoms with Crippen LogP contribution in [0.2, 0.25) is 10.0 Å². The molecule has 0 N–H and O–H groups in total. The van der Waals surface area contributed by atoms with Crippen molar-refractivity contribution in [2.75, 3.05) is 7.11 Å². The van der Waals surface area contributed by atoms with Crippen LogP contribution in [0.5, 0.6) is 5.75 Å². The Morgan fingerprint density at radius 3 is 2.33 bits per heavy atom. The molecular formula is C9H10Cl2O. The van der Waals surface area contributed by atoms with Crippen LogP contribution in [-0.2, 0) is 0 Å². The van der Waals surface area contributed by atoms with E-state index in [1.807, 2.05) is 19.9 Å². The highest BCUT2D eigenvalue weighted by Gasteiger charge is 2.10. The van der Waals surface area contributed by atoms with Crippen molar-refractivity contribution in [2.24, 2.45) is 0 Å². The highest BCUT2D eigenvalue weighted by Crippen LogP contribution is 2.36. The second kappa shape index (κ2) is 3.55. The largest absolute Gasteiger partial charge is 0.495 e. The molecular weight excluding hydrogens is 195 g/mol. The van der Waals surface area contributed by atoms with E-state index in [4.69, 9.17) is 27.9 Å². The average Bonchev–Trinajstić information content (AvgIpc) is 2.02. The van der Waals surface area contributed by atoms with E-state index in [-0.39, 0.29) is 0 Å². The molecule has 0 aliphatic rings. The van der Waals surface area contributed by atoms with Crippen molar-refractivity contribution in [3.8, 4) is 5.75 Å².